The Kier molecular flexibility index (Phi) is 14.2. The summed E-state index contributed by atoms with van der Waals surface area (Å²) in [6.07, 6.45) is -7.32. The van der Waals surface area contributed by atoms with Gasteiger partial charge in [0, 0.05) is 27.3 Å². The fraction of sp³-hybridized carbons (Fsp3) is 0.469. The van der Waals surface area contributed by atoms with Crippen LogP contribution >= 0.6 is 11.8 Å². The Morgan fingerprint density at radius 1 is 0.872 bits per heavy atom. The minimum absolute atomic E-state index is 0.0448. The molecule has 15 heteroatoms. The quantitative estimate of drug-likeness (QED) is 0.101. The van der Waals surface area contributed by atoms with Crippen molar-refractivity contribution in [2.75, 3.05) is 31.0 Å². The monoisotopic (exact) mass is 676 g/mol. The van der Waals surface area contributed by atoms with Gasteiger partial charge in [0.25, 0.3) is 0 Å². The number of aryl methyl sites for hydroxylation is 1. The summed E-state index contributed by atoms with van der Waals surface area (Å²) >= 11 is 1.63. The molecule has 0 aromatic heterocycles. The van der Waals surface area contributed by atoms with Crippen LogP contribution in [-0.4, -0.2) is 90.9 Å². The molecule has 1 aliphatic rings. The Balaban J connectivity index is 1.70. The molecule has 0 aliphatic carbocycles. The van der Waals surface area contributed by atoms with Crippen molar-refractivity contribution in [3.05, 3.63) is 59.7 Å². The van der Waals surface area contributed by atoms with Crippen molar-refractivity contribution in [3.63, 3.8) is 0 Å². The van der Waals surface area contributed by atoms with Gasteiger partial charge in [-0.05, 0) is 42.4 Å². The average molecular weight is 677 g/mol. The van der Waals surface area contributed by atoms with Crippen LogP contribution in [0.4, 0.5) is 10.5 Å². The van der Waals surface area contributed by atoms with E-state index in [1.807, 2.05) is 25.1 Å². The summed E-state index contributed by atoms with van der Waals surface area (Å²) in [5.41, 5.74) is 8.12. The number of hydrogen-bond acceptors (Lipinski definition) is 14. The number of carbonyl (C=O) groups excluding carboxylic acids is 5. The molecule has 3 rings (SSSR count). The highest BCUT2D eigenvalue weighted by atomic mass is 32.2. The van der Waals surface area contributed by atoms with Crippen molar-refractivity contribution < 1.29 is 57.1 Å². The third-order valence-corrected chi connectivity index (χ3v) is 7.77. The Labute approximate surface area is 277 Å². The molecule has 0 bridgehead atoms. The van der Waals surface area contributed by atoms with Crippen LogP contribution in [0, 0.1) is 0 Å². The number of esters is 4. The van der Waals surface area contributed by atoms with E-state index in [-0.39, 0.29) is 18.0 Å². The van der Waals surface area contributed by atoms with Crippen molar-refractivity contribution >= 4 is 47.4 Å². The average Bonchev–Trinajstić information content (AvgIpc) is 3.03. The van der Waals surface area contributed by atoms with E-state index in [1.54, 1.807) is 22.7 Å². The summed E-state index contributed by atoms with van der Waals surface area (Å²) in [5.74, 6) is -2.05. The van der Waals surface area contributed by atoms with Crippen LogP contribution in [0.5, 0.6) is 5.75 Å². The number of nitrogens with two attached hydrogens (primary N) is 1. The van der Waals surface area contributed by atoms with E-state index >= 15 is 0 Å². The maximum Gasteiger partial charge on any atom is 0.410 e. The van der Waals surface area contributed by atoms with Gasteiger partial charge in [-0.15, -0.1) is 11.8 Å². The fourth-order valence-corrected chi connectivity index (χ4v) is 5.63. The van der Waals surface area contributed by atoms with E-state index in [4.69, 9.17) is 38.9 Å². The molecule has 0 spiro atoms. The molecule has 2 aromatic carbocycles. The lowest BCUT2D eigenvalue weighted by Crippen LogP contribution is -2.64. The molecule has 1 heterocycles. The van der Waals surface area contributed by atoms with E-state index in [0.717, 1.165) is 40.1 Å². The van der Waals surface area contributed by atoms with Crippen molar-refractivity contribution in [2.24, 2.45) is 0 Å². The zero-order valence-corrected chi connectivity index (χ0v) is 27.7. The van der Waals surface area contributed by atoms with Crippen molar-refractivity contribution in [1.29, 1.82) is 0 Å². The molecule has 5 atom stereocenters. The van der Waals surface area contributed by atoms with E-state index in [0.29, 0.717) is 18.0 Å². The van der Waals surface area contributed by atoms with Crippen LogP contribution in [-0.2, 0) is 60.6 Å². The molecule has 1 aliphatic heterocycles. The lowest BCUT2D eigenvalue weighted by atomic mass is 9.97. The second kappa shape index (κ2) is 18.0. The van der Waals surface area contributed by atoms with Gasteiger partial charge in [-0.2, -0.15) is 0 Å². The predicted octanol–water partition coefficient (Wildman–Crippen LogP) is 3.23. The number of ether oxygens (including phenoxy) is 7. The minimum atomic E-state index is -1.62. The molecule has 2 N–H and O–H groups in total. The van der Waals surface area contributed by atoms with Gasteiger partial charge in [-0.3, -0.25) is 19.3 Å². The Bertz CT molecular complexity index is 1390. The highest BCUT2D eigenvalue weighted by molar-refractivity contribution is 7.99. The van der Waals surface area contributed by atoms with Crippen molar-refractivity contribution in [1.82, 2.24) is 4.90 Å². The van der Waals surface area contributed by atoms with Gasteiger partial charge in [-0.1, -0.05) is 36.4 Å². The van der Waals surface area contributed by atoms with Gasteiger partial charge >= 0.3 is 30.0 Å². The summed E-state index contributed by atoms with van der Waals surface area (Å²) < 4.78 is 38.0. The molecule has 2 aromatic rings. The molecule has 47 heavy (non-hydrogen) atoms. The van der Waals surface area contributed by atoms with Gasteiger partial charge in [0.2, 0.25) is 12.4 Å². The first-order valence-corrected chi connectivity index (χ1v) is 15.9. The third-order valence-electron chi connectivity index (χ3n) is 6.78. The standard InChI is InChI=1S/C32H40N2O12S/c1-6-34(18-47-15-14-22-10-8-7-9-11-22)32(39)41-17-23-12-13-25(24(33)16-23)45-31-29(44-21(4)37)27(43-20(3)36)26(42-19(2)35)28(46-31)30(38)40-5/h7-13,16,26-29,31H,6,14-15,17-18,33H2,1-5H3/t26?,27-,28?,29?,31-/m0/s1. The second-order valence-corrected chi connectivity index (χ2v) is 11.4. The topological polar surface area (TPSA) is 179 Å². The molecule has 1 saturated heterocycles. The third kappa shape index (κ3) is 11.1. The number of benzene rings is 2. The molecule has 1 amide bonds. The summed E-state index contributed by atoms with van der Waals surface area (Å²) in [6.45, 7) is 5.52. The predicted molar refractivity (Wildman–Crippen MR) is 169 cm³/mol. The minimum Gasteiger partial charge on any atom is -0.467 e. The van der Waals surface area contributed by atoms with E-state index in [9.17, 15) is 24.0 Å². The number of nitrogen functional groups attached to an aromatic ring is 1. The largest absolute Gasteiger partial charge is 0.467 e. The number of anilines is 1. The van der Waals surface area contributed by atoms with Gasteiger partial charge in [-0.25, -0.2) is 9.59 Å². The highest BCUT2D eigenvalue weighted by Crippen LogP contribution is 2.33. The zero-order chi connectivity index (χ0) is 34.5. The Morgan fingerprint density at radius 2 is 1.51 bits per heavy atom. The Hall–Kier alpha value is -4.50. The zero-order valence-electron chi connectivity index (χ0n) is 26.9. The lowest BCUT2D eigenvalue weighted by Gasteiger charge is -2.43. The van der Waals surface area contributed by atoms with Gasteiger partial charge in [0.15, 0.2) is 18.3 Å². The number of hydrogen-bond donors (Lipinski definition) is 1. The molecular weight excluding hydrogens is 636 g/mol. The first-order valence-electron chi connectivity index (χ1n) is 14.8. The summed E-state index contributed by atoms with van der Waals surface area (Å²) in [6, 6.07) is 14.7. The maximum atomic E-state index is 12.7. The highest BCUT2D eigenvalue weighted by Gasteiger charge is 2.56. The van der Waals surface area contributed by atoms with Crippen LogP contribution in [0.2, 0.25) is 0 Å². The number of thioether (sulfide) groups is 1. The molecule has 0 saturated carbocycles. The second-order valence-electron chi connectivity index (χ2n) is 10.3. The molecule has 14 nitrogen and oxygen atoms in total. The van der Waals surface area contributed by atoms with Crippen LogP contribution in [0.25, 0.3) is 0 Å². The first-order chi connectivity index (χ1) is 22.4. The summed E-state index contributed by atoms with van der Waals surface area (Å²) in [7, 11) is 1.08. The number of carbonyl (C=O) groups is 5. The van der Waals surface area contributed by atoms with Crippen molar-refractivity contribution in [3.8, 4) is 5.75 Å². The maximum absolute atomic E-state index is 12.7. The van der Waals surface area contributed by atoms with Gasteiger partial charge in [0.05, 0.1) is 18.7 Å². The number of rotatable bonds is 14. The number of nitrogens with zero attached hydrogens (tertiary/aromatic N) is 1. The van der Waals surface area contributed by atoms with Gasteiger partial charge in [0.1, 0.15) is 12.4 Å². The SMILES string of the molecule is CCN(CSCCc1ccccc1)C(=O)OCc1ccc(O[C@H]2OC(C(=O)OC)C(OC(C)=O)[C@H](OC(C)=O)C2OC(C)=O)c(N)c1. The van der Waals surface area contributed by atoms with Gasteiger partial charge < -0.3 is 38.9 Å². The van der Waals surface area contributed by atoms with Crippen LogP contribution < -0.4 is 10.5 Å². The smallest absolute Gasteiger partial charge is 0.410 e. The Morgan fingerprint density at radius 3 is 2.11 bits per heavy atom. The number of methoxy groups -OCH3 is 1. The molecule has 256 valence electrons. The molecule has 0 radical (unpaired) electrons. The van der Waals surface area contributed by atoms with E-state index in [2.05, 4.69) is 12.1 Å². The first kappa shape index (κ1) is 37.0. The van der Waals surface area contributed by atoms with E-state index < -0.39 is 60.7 Å². The normalized spacial score (nSPS) is 20.3. The van der Waals surface area contributed by atoms with Crippen LogP contribution in [0.1, 0.15) is 38.8 Å². The van der Waals surface area contributed by atoms with Crippen LogP contribution in [0.3, 0.4) is 0 Å². The van der Waals surface area contributed by atoms with Crippen LogP contribution in [0.15, 0.2) is 48.5 Å². The van der Waals surface area contributed by atoms with E-state index in [1.165, 1.54) is 17.7 Å². The fourth-order valence-electron chi connectivity index (χ4n) is 4.61. The molecule has 3 unspecified atom stereocenters. The van der Waals surface area contributed by atoms with Crippen molar-refractivity contribution in [2.45, 2.75) is 71.4 Å². The molecular formula is C32H40N2O12S. The summed E-state index contributed by atoms with van der Waals surface area (Å²) in [4.78, 5) is 62.9. The molecule has 1 fully saturated rings. The number of amides is 1. The summed E-state index contributed by atoms with van der Waals surface area (Å²) in [5, 5.41) is 0. The lowest BCUT2D eigenvalue weighted by molar-refractivity contribution is -0.282.